The largest absolute Gasteiger partial charge is 0.453 e. The van der Waals surface area contributed by atoms with Gasteiger partial charge in [0.15, 0.2) is 11.5 Å². The molecular formula is C23H24F3N5O5. The molecule has 2 aliphatic rings. The summed E-state index contributed by atoms with van der Waals surface area (Å²) in [6, 6.07) is 4.76. The van der Waals surface area contributed by atoms with E-state index in [1.807, 2.05) is 0 Å². The van der Waals surface area contributed by atoms with Gasteiger partial charge in [0, 0.05) is 44.7 Å². The summed E-state index contributed by atoms with van der Waals surface area (Å²) in [7, 11) is 1.50. The normalized spacial score (nSPS) is 15.4. The van der Waals surface area contributed by atoms with Crippen molar-refractivity contribution < 1.29 is 36.9 Å². The lowest BCUT2D eigenvalue weighted by Crippen LogP contribution is -2.40. The monoisotopic (exact) mass is 507 g/mol. The lowest BCUT2D eigenvalue weighted by molar-refractivity contribution is -0.136. The number of hydrogen-bond acceptors (Lipinski definition) is 8. The number of methoxy groups -OCH3 is 1. The van der Waals surface area contributed by atoms with E-state index in [9.17, 15) is 18.0 Å². The number of alkyl halides is 3. The summed E-state index contributed by atoms with van der Waals surface area (Å²) in [5, 5.41) is 6.00. The number of rotatable bonds is 7. The van der Waals surface area contributed by atoms with E-state index in [0.717, 1.165) is 6.20 Å². The van der Waals surface area contributed by atoms with Gasteiger partial charge in [-0.25, -0.2) is 4.98 Å². The third-order valence-electron chi connectivity index (χ3n) is 5.88. The van der Waals surface area contributed by atoms with Crippen molar-refractivity contribution in [2.45, 2.75) is 6.18 Å². The number of fused-ring (bicyclic) bond motifs is 2. The van der Waals surface area contributed by atoms with Crippen LogP contribution in [0.15, 0.2) is 24.4 Å². The minimum absolute atomic E-state index is 0.0557. The number of aromatic amines is 1. The van der Waals surface area contributed by atoms with Crippen LogP contribution in [0.25, 0.3) is 11.0 Å². The quantitative estimate of drug-likeness (QED) is 0.417. The Bertz CT molecular complexity index is 1270. The average molecular weight is 507 g/mol. The number of carbonyl (C=O) groups excluding carboxylic acids is 1. The molecule has 1 saturated heterocycles. The number of H-pyrrole nitrogens is 1. The first kappa shape index (κ1) is 24.0. The summed E-state index contributed by atoms with van der Waals surface area (Å²) < 4.78 is 62.3. The third-order valence-corrected chi connectivity index (χ3v) is 5.88. The van der Waals surface area contributed by atoms with Gasteiger partial charge >= 0.3 is 6.18 Å². The van der Waals surface area contributed by atoms with Crippen molar-refractivity contribution in [3.63, 3.8) is 0 Å². The van der Waals surface area contributed by atoms with Crippen molar-refractivity contribution in [1.82, 2.24) is 14.9 Å². The maximum Gasteiger partial charge on any atom is 0.418 e. The Morgan fingerprint density at radius 2 is 1.97 bits per heavy atom. The van der Waals surface area contributed by atoms with Crippen LogP contribution in [-0.2, 0) is 15.7 Å². The fourth-order valence-corrected chi connectivity index (χ4v) is 4.19. The van der Waals surface area contributed by atoms with Crippen LogP contribution >= 0.6 is 0 Å². The van der Waals surface area contributed by atoms with Gasteiger partial charge in [-0.1, -0.05) is 0 Å². The average Bonchev–Trinajstić information content (AvgIpc) is 3.52. The Morgan fingerprint density at radius 3 is 2.72 bits per heavy atom. The summed E-state index contributed by atoms with van der Waals surface area (Å²) in [6.07, 6.45) is -3.66. The number of halogens is 3. The zero-order valence-electron chi connectivity index (χ0n) is 19.3. The molecule has 3 N–H and O–H groups in total. The van der Waals surface area contributed by atoms with Crippen LogP contribution in [-0.4, -0.2) is 74.1 Å². The number of nitrogens with one attached hydrogen (secondary N) is 3. The Balaban J connectivity index is 1.48. The molecule has 10 nitrogen and oxygen atoms in total. The first-order valence-electron chi connectivity index (χ1n) is 11.3. The van der Waals surface area contributed by atoms with Crippen molar-refractivity contribution in [3.05, 3.63) is 35.5 Å². The number of carbonyl (C=O) groups is 1. The van der Waals surface area contributed by atoms with Gasteiger partial charge in [0.25, 0.3) is 5.91 Å². The Hall–Kier alpha value is -3.71. The van der Waals surface area contributed by atoms with Crippen molar-refractivity contribution in [3.8, 4) is 11.5 Å². The van der Waals surface area contributed by atoms with Crippen LogP contribution < -0.4 is 20.1 Å². The van der Waals surface area contributed by atoms with Crippen molar-refractivity contribution in [2.24, 2.45) is 0 Å². The first-order chi connectivity index (χ1) is 17.4. The number of nitrogens with zero attached hydrogens (tertiary/aromatic N) is 2. The molecule has 1 fully saturated rings. The van der Waals surface area contributed by atoms with Gasteiger partial charge in [0.1, 0.15) is 11.5 Å². The van der Waals surface area contributed by atoms with Crippen LogP contribution in [0.4, 0.5) is 30.4 Å². The summed E-state index contributed by atoms with van der Waals surface area (Å²) in [5.41, 5.74) is 0.291. The number of ether oxygens (including phenoxy) is 4. The molecular weight excluding hydrogens is 483 g/mol. The van der Waals surface area contributed by atoms with Gasteiger partial charge in [-0.15, -0.1) is 0 Å². The number of pyridine rings is 1. The molecule has 0 spiro atoms. The lowest BCUT2D eigenvalue weighted by atomic mass is 10.1. The number of aromatic nitrogens is 2. The Kier molecular flexibility index (Phi) is 6.49. The highest BCUT2D eigenvalue weighted by Gasteiger charge is 2.35. The van der Waals surface area contributed by atoms with E-state index in [0.29, 0.717) is 62.2 Å². The molecule has 5 rings (SSSR count). The van der Waals surface area contributed by atoms with E-state index in [-0.39, 0.29) is 35.2 Å². The van der Waals surface area contributed by atoms with E-state index < -0.39 is 11.7 Å². The second-order valence-electron chi connectivity index (χ2n) is 8.15. The molecule has 192 valence electrons. The van der Waals surface area contributed by atoms with Crippen LogP contribution in [0.1, 0.15) is 15.9 Å². The Morgan fingerprint density at radius 1 is 1.19 bits per heavy atom. The maximum atomic E-state index is 13.6. The molecule has 0 bridgehead atoms. The van der Waals surface area contributed by atoms with Crippen LogP contribution in [0.5, 0.6) is 11.5 Å². The maximum absolute atomic E-state index is 13.6. The van der Waals surface area contributed by atoms with Gasteiger partial charge in [-0.3, -0.25) is 4.79 Å². The first-order valence-corrected chi connectivity index (χ1v) is 11.3. The minimum Gasteiger partial charge on any atom is -0.453 e. The van der Waals surface area contributed by atoms with E-state index in [2.05, 4.69) is 20.6 Å². The minimum atomic E-state index is -4.55. The molecule has 2 aliphatic heterocycles. The van der Waals surface area contributed by atoms with Gasteiger partial charge in [0.05, 0.1) is 42.0 Å². The van der Waals surface area contributed by atoms with Gasteiger partial charge in [0.2, 0.25) is 6.79 Å². The van der Waals surface area contributed by atoms with Crippen LogP contribution in [0.3, 0.4) is 0 Å². The molecule has 36 heavy (non-hydrogen) atoms. The summed E-state index contributed by atoms with van der Waals surface area (Å²) >= 11 is 0. The van der Waals surface area contributed by atoms with Gasteiger partial charge in [-0.2, -0.15) is 13.2 Å². The number of anilines is 3. The SMILES string of the molecule is COCCNc1cc(Nc2ccc(C(=O)N3CCOCC3)c3c2OCO3)nc2[nH]cc(C(F)(F)F)c12. The molecule has 13 heteroatoms. The molecule has 1 aromatic carbocycles. The van der Waals surface area contributed by atoms with Crippen molar-refractivity contribution in [2.75, 3.05) is 64.0 Å². The van der Waals surface area contributed by atoms with E-state index >= 15 is 0 Å². The topological polar surface area (TPSA) is 110 Å². The highest BCUT2D eigenvalue weighted by atomic mass is 19.4. The fraction of sp³-hybridized carbons (Fsp3) is 0.391. The molecule has 2 aromatic heterocycles. The summed E-state index contributed by atoms with van der Waals surface area (Å²) in [5.74, 6) is 0.701. The van der Waals surface area contributed by atoms with Crippen molar-refractivity contribution >= 4 is 34.1 Å². The molecule has 0 saturated carbocycles. The Labute approximate surface area is 203 Å². The highest BCUT2D eigenvalue weighted by Crippen LogP contribution is 2.44. The second kappa shape index (κ2) is 9.74. The second-order valence-corrected chi connectivity index (χ2v) is 8.15. The number of morpholine rings is 1. The molecule has 3 aromatic rings. The fourth-order valence-electron chi connectivity index (χ4n) is 4.19. The van der Waals surface area contributed by atoms with E-state index in [1.54, 1.807) is 17.0 Å². The lowest BCUT2D eigenvalue weighted by Gasteiger charge is -2.27. The molecule has 1 amide bonds. The van der Waals surface area contributed by atoms with Crippen LogP contribution in [0.2, 0.25) is 0 Å². The number of benzene rings is 1. The zero-order chi connectivity index (χ0) is 25.3. The summed E-state index contributed by atoms with van der Waals surface area (Å²) in [4.78, 5) is 21.6. The molecule has 0 unspecified atom stereocenters. The third kappa shape index (κ3) is 4.58. The zero-order valence-corrected chi connectivity index (χ0v) is 19.3. The molecule has 0 atom stereocenters. The standard InChI is InChI=1S/C23H24F3N5O5/c1-33-7-4-27-16-10-17(30-21-18(16)14(11-28-21)23(24,25)26)29-15-3-2-13(19-20(15)36-12-35-19)22(32)31-5-8-34-9-6-31/h2-3,10-11H,4-9,12H2,1H3,(H3,27,28,29,30). The highest BCUT2D eigenvalue weighted by molar-refractivity contribution is 6.00. The molecule has 0 radical (unpaired) electrons. The van der Waals surface area contributed by atoms with Gasteiger partial charge < -0.3 is 39.5 Å². The molecule has 4 heterocycles. The van der Waals surface area contributed by atoms with Gasteiger partial charge in [-0.05, 0) is 12.1 Å². The van der Waals surface area contributed by atoms with Crippen LogP contribution in [0, 0.1) is 0 Å². The van der Waals surface area contributed by atoms with E-state index in [1.165, 1.54) is 13.2 Å². The van der Waals surface area contributed by atoms with Crippen molar-refractivity contribution in [1.29, 1.82) is 0 Å². The summed E-state index contributed by atoms with van der Waals surface area (Å²) in [6.45, 7) is 2.42. The predicted molar refractivity (Wildman–Crippen MR) is 124 cm³/mol. The number of amides is 1. The smallest absolute Gasteiger partial charge is 0.418 e. The van der Waals surface area contributed by atoms with E-state index in [4.69, 9.17) is 18.9 Å². The number of hydrogen-bond donors (Lipinski definition) is 3. The predicted octanol–water partition coefficient (Wildman–Crippen LogP) is 3.58. The molecule has 0 aliphatic carbocycles.